The molecule has 0 spiro atoms. The summed E-state index contributed by atoms with van der Waals surface area (Å²) < 4.78 is 7.91. The number of aromatic nitrogens is 3. The van der Waals surface area contributed by atoms with E-state index in [1.165, 1.54) is 17.7 Å². The van der Waals surface area contributed by atoms with Crippen LogP contribution in [0.25, 0.3) is 22.4 Å². The molecule has 0 saturated carbocycles. The first-order chi connectivity index (χ1) is 10.9. The molecule has 0 atom stereocenters. The molecule has 3 rings (SSSR count). The largest absolute Gasteiger partial charge is 0.503 e. The van der Waals surface area contributed by atoms with Gasteiger partial charge in [-0.3, -0.25) is 9.36 Å². The second kappa shape index (κ2) is 5.93. The Labute approximate surface area is 148 Å². The normalized spacial score (nSPS) is 11.0. The predicted molar refractivity (Wildman–Crippen MR) is 93.8 cm³/mol. The summed E-state index contributed by atoms with van der Waals surface area (Å²) in [6.45, 7) is 0. The summed E-state index contributed by atoms with van der Waals surface area (Å²) >= 11 is 6.80. The molecular formula is C15H11Br2N3O3. The van der Waals surface area contributed by atoms with Crippen molar-refractivity contribution < 1.29 is 9.84 Å². The van der Waals surface area contributed by atoms with Crippen molar-refractivity contribution in [2.75, 3.05) is 7.11 Å². The Bertz CT molecular complexity index is 986. The Balaban J connectivity index is 2.35. The Kier molecular flexibility index (Phi) is 4.11. The van der Waals surface area contributed by atoms with Crippen LogP contribution < -0.4 is 10.3 Å². The van der Waals surface area contributed by atoms with Crippen molar-refractivity contribution in [3.8, 4) is 23.1 Å². The molecule has 2 aromatic heterocycles. The fraction of sp³-hybridized carbons (Fsp3) is 0.133. The third-order valence-electron chi connectivity index (χ3n) is 3.36. The number of hydrogen-bond donors (Lipinski definition) is 1. The maximum atomic E-state index is 12.6. The van der Waals surface area contributed by atoms with Crippen molar-refractivity contribution in [1.29, 1.82) is 0 Å². The van der Waals surface area contributed by atoms with Crippen LogP contribution in [0.15, 0.2) is 38.0 Å². The number of rotatable bonds is 2. The number of aromatic hydroxyl groups is 1. The van der Waals surface area contributed by atoms with Crippen LogP contribution in [-0.4, -0.2) is 26.8 Å². The lowest BCUT2D eigenvalue weighted by atomic mass is 10.2. The van der Waals surface area contributed by atoms with Crippen LogP contribution in [0, 0.1) is 0 Å². The van der Waals surface area contributed by atoms with E-state index in [2.05, 4.69) is 41.8 Å². The van der Waals surface area contributed by atoms with Gasteiger partial charge in [0.15, 0.2) is 11.6 Å². The van der Waals surface area contributed by atoms with Crippen LogP contribution in [0.2, 0.25) is 0 Å². The van der Waals surface area contributed by atoms with Crippen LogP contribution in [0.4, 0.5) is 0 Å². The Morgan fingerprint density at radius 1 is 1.22 bits per heavy atom. The topological polar surface area (TPSA) is 77.2 Å². The van der Waals surface area contributed by atoms with Gasteiger partial charge in [0.2, 0.25) is 0 Å². The molecule has 0 fully saturated rings. The van der Waals surface area contributed by atoms with Crippen molar-refractivity contribution in [3.63, 3.8) is 0 Å². The second-order valence-corrected chi connectivity index (χ2v) is 6.58. The van der Waals surface area contributed by atoms with Gasteiger partial charge in [0, 0.05) is 16.0 Å². The Morgan fingerprint density at radius 2 is 1.96 bits per heavy atom. The summed E-state index contributed by atoms with van der Waals surface area (Å²) in [7, 11) is 3.03. The summed E-state index contributed by atoms with van der Waals surface area (Å²) in [6, 6.07) is 6.58. The highest BCUT2D eigenvalue weighted by Crippen LogP contribution is 2.29. The highest BCUT2D eigenvalue weighted by molar-refractivity contribution is 9.11. The van der Waals surface area contributed by atoms with Crippen molar-refractivity contribution in [2.24, 2.45) is 7.05 Å². The Morgan fingerprint density at radius 3 is 2.65 bits per heavy atom. The minimum absolute atomic E-state index is 0.0757. The molecule has 0 aliphatic heterocycles. The first-order valence-electron chi connectivity index (χ1n) is 6.52. The minimum atomic E-state index is -0.194. The van der Waals surface area contributed by atoms with E-state index < -0.39 is 0 Å². The van der Waals surface area contributed by atoms with E-state index in [4.69, 9.17) is 4.74 Å². The predicted octanol–water partition coefficient (Wildman–Crippen LogP) is 3.23. The number of hydrogen-bond acceptors (Lipinski definition) is 5. The lowest BCUT2D eigenvalue weighted by molar-refractivity contribution is 0.359. The molecule has 23 heavy (non-hydrogen) atoms. The van der Waals surface area contributed by atoms with E-state index in [-0.39, 0.29) is 17.2 Å². The zero-order valence-corrected chi connectivity index (χ0v) is 15.3. The van der Waals surface area contributed by atoms with E-state index >= 15 is 0 Å². The van der Waals surface area contributed by atoms with E-state index in [1.54, 1.807) is 19.2 Å². The van der Waals surface area contributed by atoms with Crippen molar-refractivity contribution in [3.05, 3.63) is 43.6 Å². The number of halogens is 2. The molecule has 118 valence electrons. The highest BCUT2D eigenvalue weighted by Gasteiger charge is 2.15. The number of ether oxygens (including phenoxy) is 1. The fourth-order valence-corrected chi connectivity index (χ4v) is 3.55. The zero-order valence-electron chi connectivity index (χ0n) is 12.2. The molecule has 0 unspecified atom stereocenters. The molecule has 0 bridgehead atoms. The van der Waals surface area contributed by atoms with Gasteiger partial charge in [-0.05, 0) is 40.2 Å². The number of fused-ring (bicyclic) bond motifs is 1. The maximum Gasteiger partial charge on any atom is 0.261 e. The maximum absolute atomic E-state index is 12.6. The molecule has 6 nitrogen and oxygen atoms in total. The Hall–Kier alpha value is -1.93. The molecule has 0 saturated heterocycles. The van der Waals surface area contributed by atoms with E-state index in [9.17, 15) is 9.90 Å². The zero-order chi connectivity index (χ0) is 16.7. The molecule has 1 N–H and O–H groups in total. The molecule has 0 radical (unpaired) electrons. The lowest BCUT2D eigenvalue weighted by Gasteiger charge is -2.11. The molecule has 3 aromatic rings. The SMILES string of the molecule is COc1nc(-c2nc3c(Br)cc(Br)cc3c(=O)n2C)ccc1O. The lowest BCUT2D eigenvalue weighted by Crippen LogP contribution is -2.20. The summed E-state index contributed by atoms with van der Waals surface area (Å²) in [5, 5.41) is 10.2. The highest BCUT2D eigenvalue weighted by atomic mass is 79.9. The van der Waals surface area contributed by atoms with E-state index in [1.807, 2.05) is 6.07 Å². The number of methoxy groups -OCH3 is 1. The molecule has 0 aliphatic rings. The number of nitrogens with zero attached hydrogens (tertiary/aromatic N) is 3. The van der Waals surface area contributed by atoms with E-state index in [0.29, 0.717) is 26.9 Å². The van der Waals surface area contributed by atoms with E-state index in [0.717, 1.165) is 4.47 Å². The monoisotopic (exact) mass is 439 g/mol. The van der Waals surface area contributed by atoms with Crippen molar-refractivity contribution in [2.45, 2.75) is 0 Å². The summed E-state index contributed by atoms with van der Waals surface area (Å²) in [5.41, 5.74) is 0.775. The second-order valence-electron chi connectivity index (χ2n) is 4.81. The van der Waals surface area contributed by atoms with Crippen LogP contribution in [0.3, 0.4) is 0 Å². The van der Waals surface area contributed by atoms with Crippen molar-refractivity contribution >= 4 is 42.8 Å². The van der Waals surface area contributed by atoms with Crippen LogP contribution in [0.1, 0.15) is 0 Å². The number of benzene rings is 1. The van der Waals surface area contributed by atoms with Crippen LogP contribution in [-0.2, 0) is 7.05 Å². The summed E-state index contributed by atoms with van der Waals surface area (Å²) in [5.74, 6) is 0.377. The third-order valence-corrected chi connectivity index (χ3v) is 4.42. The standard InChI is InChI=1S/C15H11Br2N3O3/c1-20-13(10-3-4-11(21)14(18-10)23-2)19-12-8(15(20)22)5-7(16)6-9(12)17/h3-6,21H,1-2H3. The van der Waals surface area contributed by atoms with Gasteiger partial charge in [-0.2, -0.15) is 0 Å². The van der Waals surface area contributed by atoms with Crippen LogP contribution >= 0.6 is 31.9 Å². The summed E-state index contributed by atoms with van der Waals surface area (Å²) in [4.78, 5) is 21.4. The van der Waals surface area contributed by atoms with Gasteiger partial charge < -0.3 is 9.84 Å². The molecule has 0 amide bonds. The quantitative estimate of drug-likeness (QED) is 0.661. The fourth-order valence-electron chi connectivity index (χ4n) is 2.24. The van der Waals surface area contributed by atoms with Gasteiger partial charge in [0.25, 0.3) is 11.4 Å². The summed E-state index contributed by atoms with van der Waals surface area (Å²) in [6.07, 6.45) is 0. The molecule has 0 aliphatic carbocycles. The molecule has 2 heterocycles. The first kappa shape index (κ1) is 15.9. The minimum Gasteiger partial charge on any atom is -0.503 e. The average molecular weight is 441 g/mol. The molecular weight excluding hydrogens is 430 g/mol. The van der Waals surface area contributed by atoms with Gasteiger partial charge in [0.1, 0.15) is 5.69 Å². The van der Waals surface area contributed by atoms with Gasteiger partial charge in [0.05, 0.1) is 18.0 Å². The number of pyridine rings is 1. The first-order valence-corrected chi connectivity index (χ1v) is 8.11. The molecule has 1 aromatic carbocycles. The molecule has 8 heteroatoms. The van der Waals surface area contributed by atoms with Crippen molar-refractivity contribution in [1.82, 2.24) is 14.5 Å². The smallest absolute Gasteiger partial charge is 0.261 e. The average Bonchev–Trinajstić information content (AvgIpc) is 2.52. The van der Waals surface area contributed by atoms with Gasteiger partial charge in [-0.1, -0.05) is 15.9 Å². The van der Waals surface area contributed by atoms with Gasteiger partial charge in [-0.25, -0.2) is 9.97 Å². The third kappa shape index (κ3) is 2.72. The van der Waals surface area contributed by atoms with Crippen LogP contribution in [0.5, 0.6) is 11.6 Å². The van der Waals surface area contributed by atoms with Gasteiger partial charge in [-0.15, -0.1) is 0 Å². The van der Waals surface area contributed by atoms with Gasteiger partial charge >= 0.3 is 0 Å².